The molecule has 1 aliphatic rings. The van der Waals surface area contributed by atoms with Gasteiger partial charge >= 0.3 is 12.0 Å². The number of amides is 3. The van der Waals surface area contributed by atoms with E-state index < -0.39 is 12.6 Å². The third-order valence-electron chi connectivity index (χ3n) is 4.23. The monoisotopic (exact) mass is 363 g/mol. The number of hydrogen-bond acceptors (Lipinski definition) is 4. The van der Waals surface area contributed by atoms with Gasteiger partial charge < -0.3 is 25.0 Å². The minimum atomic E-state index is -1.05. The van der Waals surface area contributed by atoms with Crippen LogP contribution in [0.25, 0.3) is 0 Å². The van der Waals surface area contributed by atoms with Crippen molar-refractivity contribution in [2.24, 2.45) is 0 Å². The third kappa shape index (κ3) is 4.65. The highest BCUT2D eigenvalue weighted by molar-refractivity contribution is 5.95. The highest BCUT2D eigenvalue weighted by Gasteiger charge is 2.25. The summed E-state index contributed by atoms with van der Waals surface area (Å²) < 4.78 is 5.30. The smallest absolute Gasteiger partial charge is 0.341 e. The molecule has 142 valence electrons. The summed E-state index contributed by atoms with van der Waals surface area (Å²) in [4.78, 5) is 38.7. The van der Waals surface area contributed by atoms with E-state index in [1.54, 1.807) is 35.8 Å². The van der Waals surface area contributed by atoms with Crippen molar-refractivity contribution in [1.82, 2.24) is 15.1 Å². The summed E-state index contributed by atoms with van der Waals surface area (Å²) in [5.74, 6) is -0.657. The van der Waals surface area contributed by atoms with Gasteiger partial charge in [-0.1, -0.05) is 0 Å². The first-order chi connectivity index (χ1) is 12.3. The average Bonchev–Trinajstić information content (AvgIpc) is 2.60. The predicted octanol–water partition coefficient (Wildman–Crippen LogP) is 1.25. The van der Waals surface area contributed by atoms with E-state index in [0.29, 0.717) is 44.0 Å². The minimum absolute atomic E-state index is 0.100. The first kappa shape index (κ1) is 19.6. The Hall–Kier alpha value is -2.77. The Morgan fingerprint density at radius 3 is 2.12 bits per heavy atom. The third-order valence-corrected chi connectivity index (χ3v) is 4.23. The van der Waals surface area contributed by atoms with Gasteiger partial charge in [0.25, 0.3) is 5.91 Å². The molecule has 0 bridgehead atoms. The van der Waals surface area contributed by atoms with Crippen LogP contribution >= 0.6 is 0 Å². The van der Waals surface area contributed by atoms with Crippen molar-refractivity contribution in [2.45, 2.75) is 20.8 Å². The molecule has 1 saturated heterocycles. The Kier molecular flexibility index (Phi) is 6.43. The van der Waals surface area contributed by atoms with E-state index in [-0.39, 0.29) is 11.9 Å². The van der Waals surface area contributed by atoms with Gasteiger partial charge in [0.2, 0.25) is 0 Å². The highest BCUT2D eigenvalue weighted by Crippen LogP contribution is 2.25. The second-order valence-corrected chi connectivity index (χ2v) is 6.24. The lowest BCUT2D eigenvalue weighted by Gasteiger charge is -2.34. The van der Waals surface area contributed by atoms with Crippen LogP contribution < -0.4 is 10.1 Å². The molecule has 0 aliphatic carbocycles. The van der Waals surface area contributed by atoms with Crippen LogP contribution in [-0.2, 0) is 4.79 Å². The van der Waals surface area contributed by atoms with E-state index >= 15 is 0 Å². The largest absolute Gasteiger partial charge is 0.481 e. The molecule has 2 rings (SSSR count). The molecule has 1 heterocycles. The Morgan fingerprint density at radius 1 is 1.08 bits per heavy atom. The number of nitrogens with one attached hydrogen (secondary N) is 1. The maximum absolute atomic E-state index is 12.8. The molecule has 0 saturated carbocycles. The topological polar surface area (TPSA) is 99.2 Å². The first-order valence-electron chi connectivity index (χ1n) is 8.61. The summed E-state index contributed by atoms with van der Waals surface area (Å²) in [5, 5.41) is 11.5. The number of carboxylic acids is 1. The lowest BCUT2D eigenvalue weighted by atomic mass is 10.0. The molecular formula is C18H25N3O5. The SMILES string of the molecule is CCNC(=O)N1CCN(C(=O)c2cc(C)c(OCC(=O)O)c(C)c2)CC1. The first-order valence-corrected chi connectivity index (χ1v) is 8.61. The summed E-state index contributed by atoms with van der Waals surface area (Å²) in [6, 6.07) is 3.32. The molecule has 8 nitrogen and oxygen atoms in total. The maximum Gasteiger partial charge on any atom is 0.341 e. The number of benzene rings is 1. The molecule has 3 amide bonds. The Balaban J connectivity index is 2.04. The van der Waals surface area contributed by atoms with E-state index in [0.717, 1.165) is 11.1 Å². The number of piperazine rings is 1. The normalized spacial score (nSPS) is 14.1. The number of urea groups is 1. The molecule has 1 aliphatic heterocycles. The van der Waals surface area contributed by atoms with Crippen LogP contribution in [-0.4, -0.2) is 72.1 Å². The van der Waals surface area contributed by atoms with Crippen LogP contribution in [0.5, 0.6) is 5.75 Å². The number of hydrogen-bond donors (Lipinski definition) is 2. The second-order valence-electron chi connectivity index (χ2n) is 6.24. The van der Waals surface area contributed by atoms with Gasteiger partial charge in [0.15, 0.2) is 6.61 Å². The molecule has 8 heteroatoms. The summed E-state index contributed by atoms with van der Waals surface area (Å²) in [5.41, 5.74) is 1.97. The molecule has 0 unspecified atom stereocenters. The highest BCUT2D eigenvalue weighted by atomic mass is 16.5. The molecule has 1 fully saturated rings. The lowest BCUT2D eigenvalue weighted by molar-refractivity contribution is -0.139. The molecule has 0 atom stereocenters. The van der Waals surface area contributed by atoms with Gasteiger partial charge in [0.1, 0.15) is 5.75 Å². The van der Waals surface area contributed by atoms with Gasteiger partial charge in [0.05, 0.1) is 0 Å². The molecule has 1 aromatic carbocycles. The maximum atomic E-state index is 12.8. The van der Waals surface area contributed by atoms with Crippen molar-refractivity contribution in [3.63, 3.8) is 0 Å². The standard InChI is InChI=1S/C18H25N3O5/c1-4-19-18(25)21-7-5-20(6-8-21)17(24)14-9-12(2)16(13(3)10-14)26-11-15(22)23/h9-10H,4-8,11H2,1-3H3,(H,19,25)(H,22,23). The number of aryl methyl sites for hydroxylation is 2. The number of carbonyl (C=O) groups is 3. The van der Waals surface area contributed by atoms with Crippen molar-refractivity contribution in [1.29, 1.82) is 0 Å². The number of carboxylic acid groups (broad SMARTS) is 1. The van der Waals surface area contributed by atoms with Crippen LogP contribution in [0.3, 0.4) is 0 Å². The predicted molar refractivity (Wildman–Crippen MR) is 95.6 cm³/mol. The number of carbonyl (C=O) groups excluding carboxylic acids is 2. The number of nitrogens with zero attached hydrogens (tertiary/aromatic N) is 2. The van der Waals surface area contributed by atoms with E-state index in [1.807, 2.05) is 6.92 Å². The van der Waals surface area contributed by atoms with Crippen LogP contribution in [0.15, 0.2) is 12.1 Å². The molecule has 26 heavy (non-hydrogen) atoms. The van der Waals surface area contributed by atoms with E-state index in [9.17, 15) is 14.4 Å². The summed E-state index contributed by atoms with van der Waals surface area (Å²) >= 11 is 0. The van der Waals surface area contributed by atoms with Crippen LogP contribution in [0.4, 0.5) is 4.79 Å². The van der Waals surface area contributed by atoms with E-state index in [4.69, 9.17) is 9.84 Å². The molecule has 0 radical (unpaired) electrons. The van der Waals surface area contributed by atoms with Gasteiger partial charge in [-0.05, 0) is 44.0 Å². The number of rotatable bonds is 5. The zero-order valence-electron chi connectivity index (χ0n) is 15.4. The van der Waals surface area contributed by atoms with Crippen molar-refractivity contribution in [3.05, 3.63) is 28.8 Å². The fraction of sp³-hybridized carbons (Fsp3) is 0.500. The lowest BCUT2D eigenvalue weighted by Crippen LogP contribution is -2.53. The summed E-state index contributed by atoms with van der Waals surface area (Å²) in [7, 11) is 0. The van der Waals surface area contributed by atoms with Gasteiger partial charge in [-0.15, -0.1) is 0 Å². The van der Waals surface area contributed by atoms with Crippen molar-refractivity contribution in [3.8, 4) is 5.75 Å². The summed E-state index contributed by atoms with van der Waals surface area (Å²) in [6.45, 7) is 7.54. The van der Waals surface area contributed by atoms with Gasteiger partial charge in [-0.2, -0.15) is 0 Å². The molecule has 0 spiro atoms. The Morgan fingerprint density at radius 2 is 1.62 bits per heavy atom. The zero-order chi connectivity index (χ0) is 19.3. The fourth-order valence-electron chi connectivity index (χ4n) is 2.99. The van der Waals surface area contributed by atoms with Gasteiger partial charge in [-0.25, -0.2) is 9.59 Å². The quantitative estimate of drug-likeness (QED) is 0.820. The Labute approximate surface area is 152 Å². The molecular weight excluding hydrogens is 338 g/mol. The van der Waals surface area contributed by atoms with E-state index in [2.05, 4.69) is 5.32 Å². The van der Waals surface area contributed by atoms with Crippen LogP contribution in [0.1, 0.15) is 28.4 Å². The second kappa shape index (κ2) is 8.55. The molecule has 0 aromatic heterocycles. The fourth-order valence-corrected chi connectivity index (χ4v) is 2.99. The number of ether oxygens (including phenoxy) is 1. The van der Waals surface area contributed by atoms with Crippen molar-refractivity contribution < 1.29 is 24.2 Å². The van der Waals surface area contributed by atoms with Crippen LogP contribution in [0.2, 0.25) is 0 Å². The van der Waals surface area contributed by atoms with E-state index in [1.165, 1.54) is 0 Å². The van der Waals surface area contributed by atoms with Crippen LogP contribution in [0, 0.1) is 13.8 Å². The van der Waals surface area contributed by atoms with Crippen molar-refractivity contribution in [2.75, 3.05) is 39.3 Å². The van der Waals surface area contributed by atoms with Gasteiger partial charge in [-0.3, -0.25) is 4.79 Å². The summed E-state index contributed by atoms with van der Waals surface area (Å²) in [6.07, 6.45) is 0. The average molecular weight is 363 g/mol. The Bertz CT molecular complexity index is 673. The minimum Gasteiger partial charge on any atom is -0.481 e. The van der Waals surface area contributed by atoms with Gasteiger partial charge in [0, 0.05) is 38.3 Å². The molecule has 2 N–H and O–H groups in total. The number of aliphatic carboxylic acids is 1. The zero-order valence-corrected chi connectivity index (χ0v) is 15.4. The van der Waals surface area contributed by atoms with Crippen molar-refractivity contribution >= 4 is 17.9 Å². The molecule has 1 aromatic rings.